The molecule has 3 aromatic rings. The first kappa shape index (κ1) is 12.2. The molecule has 0 aliphatic carbocycles. The summed E-state index contributed by atoms with van der Waals surface area (Å²) in [5.41, 5.74) is 1.88. The minimum Gasteiger partial charge on any atom is -0.495 e. The predicted molar refractivity (Wildman–Crippen MR) is 77.5 cm³/mol. The highest BCUT2D eigenvalue weighted by Gasteiger charge is 2.12. The van der Waals surface area contributed by atoms with Crippen molar-refractivity contribution < 1.29 is 9.13 Å². The number of hydrogen-bond donors (Lipinski definition) is 1. The van der Waals surface area contributed by atoms with Crippen molar-refractivity contribution in [2.75, 3.05) is 7.11 Å². The van der Waals surface area contributed by atoms with Gasteiger partial charge in [0, 0.05) is 10.3 Å². The van der Waals surface area contributed by atoms with Gasteiger partial charge in [-0.1, -0.05) is 19.1 Å². The lowest BCUT2D eigenvalue weighted by molar-refractivity contribution is 0.419. The summed E-state index contributed by atoms with van der Waals surface area (Å²) in [6.07, 6.45) is 0.722. The molecule has 2 nitrogen and oxygen atoms in total. The van der Waals surface area contributed by atoms with Crippen LogP contribution in [0.2, 0.25) is 0 Å². The molecular formula is C15H14FNOS. The molecule has 0 saturated heterocycles. The number of H-pyrrole nitrogens is 1. The van der Waals surface area contributed by atoms with Gasteiger partial charge in [-0.15, -0.1) is 11.3 Å². The van der Waals surface area contributed by atoms with Crippen LogP contribution in [0.5, 0.6) is 5.75 Å². The van der Waals surface area contributed by atoms with Gasteiger partial charge in [0.2, 0.25) is 0 Å². The second kappa shape index (κ2) is 4.70. The Morgan fingerprint density at radius 2 is 2.16 bits per heavy atom. The molecule has 0 amide bonds. The van der Waals surface area contributed by atoms with Crippen LogP contribution in [0, 0.1) is 5.82 Å². The van der Waals surface area contributed by atoms with Gasteiger partial charge in [-0.3, -0.25) is 0 Å². The zero-order chi connectivity index (χ0) is 13.4. The molecule has 2 heterocycles. The Hall–Kier alpha value is -1.81. The monoisotopic (exact) mass is 275 g/mol. The van der Waals surface area contributed by atoms with Crippen molar-refractivity contribution in [3.8, 4) is 16.3 Å². The van der Waals surface area contributed by atoms with Crippen molar-refractivity contribution in [1.82, 2.24) is 4.98 Å². The summed E-state index contributed by atoms with van der Waals surface area (Å²) in [4.78, 5) is 5.03. The summed E-state index contributed by atoms with van der Waals surface area (Å²) in [6.45, 7) is 1.97. The number of nitrogens with one attached hydrogen (secondary N) is 1. The first-order valence-corrected chi connectivity index (χ1v) is 6.99. The maximum atomic E-state index is 13.7. The molecule has 98 valence electrons. The molecule has 0 spiro atoms. The molecule has 0 aliphatic heterocycles. The van der Waals surface area contributed by atoms with Crippen LogP contribution in [0.3, 0.4) is 0 Å². The number of aromatic amines is 1. The Morgan fingerprint density at radius 1 is 1.32 bits per heavy atom. The third-order valence-corrected chi connectivity index (χ3v) is 4.47. The van der Waals surface area contributed by atoms with Crippen molar-refractivity contribution in [3.63, 3.8) is 0 Å². The molecule has 1 aromatic carbocycles. The van der Waals surface area contributed by atoms with E-state index < -0.39 is 0 Å². The quantitative estimate of drug-likeness (QED) is 0.742. The highest BCUT2D eigenvalue weighted by Crippen LogP contribution is 2.34. The summed E-state index contributed by atoms with van der Waals surface area (Å²) >= 11 is 1.49. The fourth-order valence-corrected chi connectivity index (χ4v) is 3.16. The van der Waals surface area contributed by atoms with E-state index in [9.17, 15) is 4.39 Å². The molecule has 0 bridgehead atoms. The van der Waals surface area contributed by atoms with E-state index in [1.165, 1.54) is 11.3 Å². The number of fused-ring (bicyclic) bond motifs is 1. The topological polar surface area (TPSA) is 25.0 Å². The number of rotatable bonds is 3. The number of methoxy groups -OCH3 is 1. The number of ether oxygens (including phenoxy) is 1. The van der Waals surface area contributed by atoms with Gasteiger partial charge in [0.15, 0.2) is 0 Å². The maximum Gasteiger partial charge on any atom is 0.142 e. The molecule has 0 unspecified atom stereocenters. The highest BCUT2D eigenvalue weighted by molar-refractivity contribution is 7.15. The zero-order valence-electron chi connectivity index (χ0n) is 10.8. The Morgan fingerprint density at radius 3 is 2.84 bits per heavy atom. The van der Waals surface area contributed by atoms with E-state index in [0.29, 0.717) is 0 Å². The number of benzene rings is 1. The highest BCUT2D eigenvalue weighted by atomic mass is 32.1. The number of aromatic nitrogens is 1. The number of thiophene rings is 1. The van der Waals surface area contributed by atoms with Gasteiger partial charge >= 0.3 is 0 Å². The van der Waals surface area contributed by atoms with Crippen molar-refractivity contribution in [2.24, 2.45) is 0 Å². The number of aryl methyl sites for hydroxylation is 1. The van der Waals surface area contributed by atoms with Crippen LogP contribution in [0.4, 0.5) is 4.39 Å². The van der Waals surface area contributed by atoms with E-state index in [2.05, 4.69) is 4.98 Å². The van der Waals surface area contributed by atoms with Crippen molar-refractivity contribution >= 4 is 22.2 Å². The van der Waals surface area contributed by atoms with Gasteiger partial charge in [-0.05, 0) is 24.6 Å². The van der Waals surface area contributed by atoms with E-state index in [1.807, 2.05) is 31.2 Å². The molecule has 4 heteroatoms. The molecule has 0 atom stereocenters. The summed E-state index contributed by atoms with van der Waals surface area (Å²) in [5, 5.41) is 1.07. The van der Waals surface area contributed by atoms with Crippen LogP contribution in [0.15, 0.2) is 30.3 Å². The first-order valence-electron chi connectivity index (χ1n) is 6.17. The minimum absolute atomic E-state index is 0.117. The van der Waals surface area contributed by atoms with E-state index in [1.54, 1.807) is 13.2 Å². The van der Waals surface area contributed by atoms with Gasteiger partial charge in [0.25, 0.3) is 0 Å². The lowest BCUT2D eigenvalue weighted by atomic mass is 10.2. The largest absolute Gasteiger partial charge is 0.495 e. The lowest BCUT2D eigenvalue weighted by Gasteiger charge is -1.99. The second-order valence-corrected chi connectivity index (χ2v) is 5.48. The molecule has 0 aliphatic rings. The summed E-state index contributed by atoms with van der Waals surface area (Å²) in [5.74, 6) is 0.685. The van der Waals surface area contributed by atoms with Gasteiger partial charge in [-0.2, -0.15) is 0 Å². The smallest absolute Gasteiger partial charge is 0.142 e. The second-order valence-electron chi connectivity index (χ2n) is 4.34. The molecule has 2 aromatic heterocycles. The normalized spacial score (nSPS) is 11.1. The summed E-state index contributed by atoms with van der Waals surface area (Å²) in [6, 6.07) is 9.51. The Labute approximate surface area is 114 Å². The van der Waals surface area contributed by atoms with Crippen LogP contribution in [-0.2, 0) is 6.42 Å². The van der Waals surface area contributed by atoms with Crippen molar-refractivity contribution in [2.45, 2.75) is 13.3 Å². The van der Waals surface area contributed by atoms with Crippen LogP contribution in [0.25, 0.3) is 21.5 Å². The third-order valence-electron chi connectivity index (χ3n) is 3.18. The summed E-state index contributed by atoms with van der Waals surface area (Å²) in [7, 11) is 1.65. The van der Waals surface area contributed by atoms with E-state index in [4.69, 9.17) is 4.74 Å². The minimum atomic E-state index is -0.117. The fourth-order valence-electron chi connectivity index (χ4n) is 2.21. The van der Waals surface area contributed by atoms with Gasteiger partial charge < -0.3 is 9.72 Å². The molecule has 19 heavy (non-hydrogen) atoms. The molecule has 1 N–H and O–H groups in total. The first-order chi connectivity index (χ1) is 9.22. The van der Waals surface area contributed by atoms with Crippen LogP contribution >= 0.6 is 11.3 Å². The molecule has 3 rings (SSSR count). The number of hydrogen-bond acceptors (Lipinski definition) is 2. The summed E-state index contributed by atoms with van der Waals surface area (Å²) < 4.78 is 19.0. The number of para-hydroxylation sites is 1. The Balaban J connectivity index is 2.14. The number of halogens is 1. The molecular weight excluding hydrogens is 261 g/mol. The average Bonchev–Trinajstić information content (AvgIpc) is 3.00. The molecule has 0 saturated carbocycles. The standard InChI is InChI=1S/C15H14FNOS/c1-3-13-10(16)8-14(19-13)11-7-9-5-4-6-12(18-2)15(9)17-11/h4-8,17H,3H2,1-2H3. The lowest BCUT2D eigenvalue weighted by Crippen LogP contribution is -1.83. The average molecular weight is 275 g/mol. The van der Waals surface area contributed by atoms with E-state index in [-0.39, 0.29) is 5.82 Å². The SMILES string of the molecule is CCc1sc(-c2cc3cccc(OC)c3[nH]2)cc1F. The molecule has 0 fully saturated rings. The molecule has 0 radical (unpaired) electrons. The van der Waals surface area contributed by atoms with Crippen LogP contribution in [0.1, 0.15) is 11.8 Å². The fraction of sp³-hybridized carbons (Fsp3) is 0.200. The van der Waals surface area contributed by atoms with Crippen molar-refractivity contribution in [1.29, 1.82) is 0 Å². The Kier molecular flexibility index (Phi) is 3.03. The van der Waals surface area contributed by atoms with Crippen molar-refractivity contribution in [3.05, 3.63) is 41.0 Å². The maximum absolute atomic E-state index is 13.7. The van der Waals surface area contributed by atoms with Gasteiger partial charge in [-0.25, -0.2) is 4.39 Å². The third kappa shape index (κ3) is 2.02. The van der Waals surface area contributed by atoms with E-state index >= 15 is 0 Å². The predicted octanol–water partition coefficient (Wildman–Crippen LogP) is 4.61. The van der Waals surface area contributed by atoms with E-state index in [0.717, 1.165) is 38.5 Å². The van der Waals surface area contributed by atoms with Crippen LogP contribution < -0.4 is 4.74 Å². The van der Waals surface area contributed by atoms with Gasteiger partial charge in [0.05, 0.1) is 23.2 Å². The zero-order valence-corrected chi connectivity index (χ0v) is 11.6. The van der Waals surface area contributed by atoms with Gasteiger partial charge in [0.1, 0.15) is 11.6 Å². The van der Waals surface area contributed by atoms with Crippen LogP contribution in [-0.4, -0.2) is 12.1 Å². The Bertz CT molecular complexity index is 729.